The van der Waals surface area contributed by atoms with Gasteiger partial charge in [-0.2, -0.15) is 0 Å². The van der Waals surface area contributed by atoms with Crippen LogP contribution in [0, 0.1) is 0 Å². The van der Waals surface area contributed by atoms with Crippen molar-refractivity contribution in [2.45, 2.75) is 25.6 Å². The number of hydrogen-bond acceptors (Lipinski definition) is 3. The molecule has 0 radical (unpaired) electrons. The van der Waals surface area contributed by atoms with Gasteiger partial charge in [0.05, 0.1) is 6.61 Å². The van der Waals surface area contributed by atoms with Gasteiger partial charge in [-0.3, -0.25) is 4.79 Å². The fourth-order valence-electron chi connectivity index (χ4n) is 0.637. The van der Waals surface area contributed by atoms with Crippen molar-refractivity contribution in [2.24, 2.45) is 0 Å². The van der Waals surface area contributed by atoms with E-state index in [2.05, 4.69) is 0 Å². The van der Waals surface area contributed by atoms with Crippen LogP contribution in [0.25, 0.3) is 0 Å². The Bertz CT molecular complexity index is 245. The highest BCUT2D eigenvalue weighted by Gasteiger charge is 2.09. The van der Waals surface area contributed by atoms with Crippen LogP contribution in [0.3, 0.4) is 0 Å². The lowest BCUT2D eigenvalue weighted by molar-refractivity contribution is -0.142. The number of alkyl halides is 1. The molecule has 0 aromatic rings. The average molecular weight is 221 g/mol. The second kappa shape index (κ2) is 6.43. The zero-order chi connectivity index (χ0) is 11.1. The molecule has 0 saturated carbocycles. The number of carboxylic acids is 1. The summed E-state index contributed by atoms with van der Waals surface area (Å²) < 4.78 is 4.73. The molecule has 0 saturated heterocycles. The number of ether oxygens (including phenoxy) is 1. The van der Waals surface area contributed by atoms with Gasteiger partial charge in [0, 0.05) is 12.0 Å². The lowest BCUT2D eigenvalue weighted by Gasteiger charge is -2.03. The normalized spacial score (nSPS) is 13.5. The minimum absolute atomic E-state index is 0.153. The lowest BCUT2D eigenvalue weighted by atomic mass is 10.2. The summed E-state index contributed by atoms with van der Waals surface area (Å²) in [5, 5.41) is 7.81. The molecule has 0 aliphatic rings. The highest BCUT2D eigenvalue weighted by molar-refractivity contribution is 6.29. The quantitative estimate of drug-likeness (QED) is 0.331. The fraction of sp³-hybridized carbons (Fsp3) is 0.556. The molecule has 0 amide bonds. The van der Waals surface area contributed by atoms with E-state index in [0.29, 0.717) is 6.42 Å². The third-order valence-corrected chi connectivity index (χ3v) is 1.65. The van der Waals surface area contributed by atoms with E-state index in [9.17, 15) is 9.59 Å². The van der Waals surface area contributed by atoms with E-state index in [-0.39, 0.29) is 12.2 Å². The van der Waals surface area contributed by atoms with Crippen molar-refractivity contribution in [3.8, 4) is 0 Å². The van der Waals surface area contributed by atoms with E-state index >= 15 is 0 Å². The summed E-state index contributed by atoms with van der Waals surface area (Å²) in [7, 11) is 0. The molecule has 80 valence electrons. The van der Waals surface area contributed by atoms with Crippen molar-refractivity contribution in [3.05, 3.63) is 11.6 Å². The molecular formula is C9H13ClO4. The molecule has 14 heavy (non-hydrogen) atoms. The molecule has 0 aromatic heterocycles. The van der Waals surface area contributed by atoms with Gasteiger partial charge in [-0.25, -0.2) is 4.79 Å². The van der Waals surface area contributed by atoms with Gasteiger partial charge in [0.2, 0.25) is 0 Å². The molecule has 0 heterocycles. The number of aliphatic carboxylic acids is 1. The number of hydrogen-bond donors (Lipinski definition) is 1. The number of esters is 1. The second-order valence-electron chi connectivity index (χ2n) is 2.76. The molecule has 1 N–H and O–H groups in total. The lowest BCUT2D eigenvalue weighted by Crippen LogP contribution is -2.14. The molecule has 4 nitrogen and oxygen atoms in total. The first kappa shape index (κ1) is 13.0. The molecule has 0 aromatic carbocycles. The Labute approximate surface area is 87.5 Å². The number of rotatable bonds is 5. The maximum Gasteiger partial charge on any atom is 0.330 e. The Hall–Kier alpha value is -1.03. The molecule has 0 fully saturated rings. The van der Waals surface area contributed by atoms with E-state index < -0.39 is 17.3 Å². The first-order chi connectivity index (χ1) is 6.45. The SMILES string of the molecule is CC(=CCCOC(=O)C(C)Cl)C(=O)O. The van der Waals surface area contributed by atoms with Crippen molar-refractivity contribution >= 4 is 23.5 Å². The van der Waals surface area contributed by atoms with Crippen molar-refractivity contribution in [1.29, 1.82) is 0 Å². The molecule has 0 aliphatic heterocycles. The van der Waals surface area contributed by atoms with Crippen LogP contribution in [0.1, 0.15) is 20.3 Å². The monoisotopic (exact) mass is 220 g/mol. The van der Waals surface area contributed by atoms with E-state index in [1.165, 1.54) is 19.9 Å². The minimum Gasteiger partial charge on any atom is -0.478 e. The van der Waals surface area contributed by atoms with Gasteiger partial charge in [0.1, 0.15) is 5.38 Å². The highest BCUT2D eigenvalue weighted by atomic mass is 35.5. The van der Waals surface area contributed by atoms with Crippen molar-refractivity contribution in [2.75, 3.05) is 6.61 Å². The first-order valence-corrected chi connectivity index (χ1v) is 4.59. The molecule has 0 aliphatic carbocycles. The number of carboxylic acid groups (broad SMARTS) is 1. The van der Waals surface area contributed by atoms with Gasteiger partial charge in [0.15, 0.2) is 0 Å². The third-order valence-electron chi connectivity index (χ3n) is 1.47. The number of halogens is 1. The fourth-order valence-corrected chi connectivity index (χ4v) is 0.700. The van der Waals surface area contributed by atoms with Crippen LogP contribution >= 0.6 is 11.6 Å². The summed E-state index contributed by atoms with van der Waals surface area (Å²) in [6.45, 7) is 3.15. The van der Waals surface area contributed by atoms with E-state index in [4.69, 9.17) is 21.4 Å². The van der Waals surface area contributed by atoms with Crippen LogP contribution in [0.5, 0.6) is 0 Å². The predicted octanol–water partition coefficient (Wildman–Crippen LogP) is 1.58. The van der Waals surface area contributed by atoms with Gasteiger partial charge in [-0.1, -0.05) is 6.08 Å². The Morgan fingerprint density at radius 3 is 2.57 bits per heavy atom. The molecule has 0 spiro atoms. The number of carbonyl (C=O) groups excluding carboxylic acids is 1. The van der Waals surface area contributed by atoms with Crippen molar-refractivity contribution in [1.82, 2.24) is 0 Å². The van der Waals surface area contributed by atoms with Gasteiger partial charge in [0.25, 0.3) is 0 Å². The van der Waals surface area contributed by atoms with Crippen LogP contribution in [0.2, 0.25) is 0 Å². The minimum atomic E-state index is -0.970. The van der Waals surface area contributed by atoms with Crippen LogP contribution in [-0.4, -0.2) is 29.0 Å². The molecular weight excluding hydrogens is 208 g/mol. The van der Waals surface area contributed by atoms with Gasteiger partial charge < -0.3 is 9.84 Å². The third kappa shape index (κ3) is 5.59. The zero-order valence-electron chi connectivity index (χ0n) is 8.12. The topological polar surface area (TPSA) is 63.6 Å². The standard InChI is InChI=1S/C9H13ClO4/c1-6(8(11)12)4-3-5-14-9(13)7(2)10/h4,7H,3,5H2,1-2H3,(H,11,12). The Kier molecular flexibility index (Phi) is 5.95. The maximum absolute atomic E-state index is 10.8. The summed E-state index contributed by atoms with van der Waals surface area (Å²) in [4.78, 5) is 21.2. The van der Waals surface area contributed by atoms with Crippen molar-refractivity contribution in [3.63, 3.8) is 0 Å². The predicted molar refractivity (Wildman–Crippen MR) is 52.3 cm³/mol. The Morgan fingerprint density at radius 1 is 1.57 bits per heavy atom. The van der Waals surface area contributed by atoms with Gasteiger partial charge in [-0.05, 0) is 13.8 Å². The smallest absolute Gasteiger partial charge is 0.330 e. The van der Waals surface area contributed by atoms with E-state index in [0.717, 1.165) is 0 Å². The molecule has 5 heteroatoms. The summed E-state index contributed by atoms with van der Waals surface area (Å²) in [6.07, 6.45) is 1.88. The van der Waals surface area contributed by atoms with E-state index in [1.54, 1.807) is 0 Å². The number of carbonyl (C=O) groups is 2. The van der Waals surface area contributed by atoms with E-state index in [1.807, 2.05) is 0 Å². The maximum atomic E-state index is 10.8. The summed E-state index contributed by atoms with van der Waals surface area (Å²) >= 11 is 5.44. The van der Waals surface area contributed by atoms with Crippen LogP contribution in [-0.2, 0) is 14.3 Å². The van der Waals surface area contributed by atoms with Gasteiger partial charge in [-0.15, -0.1) is 11.6 Å². The van der Waals surface area contributed by atoms with Crippen LogP contribution in [0.4, 0.5) is 0 Å². The van der Waals surface area contributed by atoms with Crippen LogP contribution < -0.4 is 0 Å². The first-order valence-electron chi connectivity index (χ1n) is 4.16. The molecule has 0 rings (SSSR count). The van der Waals surface area contributed by atoms with Crippen LogP contribution in [0.15, 0.2) is 11.6 Å². The Morgan fingerprint density at radius 2 is 2.14 bits per heavy atom. The van der Waals surface area contributed by atoms with Crippen molar-refractivity contribution < 1.29 is 19.4 Å². The summed E-state index contributed by atoms with van der Waals surface area (Å²) in [6, 6.07) is 0. The highest BCUT2D eigenvalue weighted by Crippen LogP contribution is 1.99. The zero-order valence-corrected chi connectivity index (χ0v) is 8.87. The molecule has 1 unspecified atom stereocenters. The Balaban J connectivity index is 3.71. The second-order valence-corrected chi connectivity index (χ2v) is 3.42. The largest absolute Gasteiger partial charge is 0.478 e. The molecule has 0 bridgehead atoms. The molecule has 1 atom stereocenters. The summed E-state index contributed by atoms with van der Waals surface area (Å²) in [5.41, 5.74) is 0.236. The average Bonchev–Trinajstić information content (AvgIpc) is 2.11. The van der Waals surface area contributed by atoms with Gasteiger partial charge >= 0.3 is 11.9 Å². The summed E-state index contributed by atoms with van der Waals surface area (Å²) in [5.74, 6) is -1.46.